The van der Waals surface area contributed by atoms with Gasteiger partial charge in [-0.15, -0.1) is 0 Å². The van der Waals surface area contributed by atoms with Crippen molar-refractivity contribution in [2.24, 2.45) is 0 Å². The van der Waals surface area contributed by atoms with Crippen molar-refractivity contribution in [3.63, 3.8) is 0 Å². The number of carbonyl (C=O) groups excluding carboxylic acids is 1. The highest BCUT2D eigenvalue weighted by molar-refractivity contribution is 5.85. The lowest BCUT2D eigenvalue weighted by Crippen LogP contribution is -2.23. The third-order valence-electron chi connectivity index (χ3n) is 3.24. The van der Waals surface area contributed by atoms with Crippen LogP contribution in [-0.4, -0.2) is 24.1 Å². The molecule has 0 unspecified atom stereocenters. The molecule has 0 spiro atoms. The Bertz CT molecular complexity index is 560. The Balaban J connectivity index is 2.23. The summed E-state index contributed by atoms with van der Waals surface area (Å²) < 4.78 is 1.98. The van der Waals surface area contributed by atoms with Crippen LogP contribution in [0.3, 0.4) is 0 Å². The molecule has 0 aliphatic carbocycles. The maximum atomic E-state index is 11.5. The third-order valence-corrected chi connectivity index (χ3v) is 3.24. The molecule has 102 valence electrons. The summed E-state index contributed by atoms with van der Waals surface area (Å²) in [5.74, 6) is 0.0204. The van der Waals surface area contributed by atoms with Gasteiger partial charge in [0.1, 0.15) is 6.54 Å². The van der Waals surface area contributed by atoms with E-state index < -0.39 is 0 Å². The van der Waals surface area contributed by atoms with Crippen LogP contribution in [0.2, 0.25) is 0 Å². The Morgan fingerprint density at radius 2 is 2.16 bits per heavy atom. The molecule has 0 radical (unpaired) electrons. The minimum atomic E-state index is 0.0204. The highest BCUT2D eigenvalue weighted by atomic mass is 16.1. The molecular formula is C15H21N3O. The zero-order valence-electron chi connectivity index (χ0n) is 11.6. The van der Waals surface area contributed by atoms with Gasteiger partial charge in [0, 0.05) is 30.7 Å². The van der Waals surface area contributed by atoms with E-state index in [4.69, 9.17) is 0 Å². The largest absolute Gasteiger partial charge is 0.358 e. The predicted molar refractivity (Wildman–Crippen MR) is 78.0 cm³/mol. The van der Waals surface area contributed by atoms with Gasteiger partial charge in [-0.05, 0) is 30.7 Å². The van der Waals surface area contributed by atoms with Crippen LogP contribution in [0.25, 0.3) is 10.9 Å². The average molecular weight is 259 g/mol. The first kappa shape index (κ1) is 13.6. The number of amides is 1. The van der Waals surface area contributed by atoms with Crippen molar-refractivity contribution < 1.29 is 4.79 Å². The van der Waals surface area contributed by atoms with Crippen molar-refractivity contribution in [3.05, 3.63) is 36.0 Å². The second kappa shape index (κ2) is 6.38. The van der Waals surface area contributed by atoms with Crippen LogP contribution in [0.5, 0.6) is 0 Å². The van der Waals surface area contributed by atoms with E-state index in [1.165, 1.54) is 10.9 Å². The number of benzene rings is 1. The molecule has 2 rings (SSSR count). The summed E-state index contributed by atoms with van der Waals surface area (Å²) >= 11 is 0. The van der Waals surface area contributed by atoms with E-state index in [-0.39, 0.29) is 5.91 Å². The third kappa shape index (κ3) is 3.15. The van der Waals surface area contributed by atoms with Crippen molar-refractivity contribution in [1.29, 1.82) is 0 Å². The number of nitrogens with zero attached hydrogens (tertiary/aromatic N) is 1. The van der Waals surface area contributed by atoms with Gasteiger partial charge < -0.3 is 15.2 Å². The van der Waals surface area contributed by atoms with Gasteiger partial charge in [0.05, 0.1) is 0 Å². The first-order valence-corrected chi connectivity index (χ1v) is 6.74. The molecule has 0 fully saturated rings. The van der Waals surface area contributed by atoms with Gasteiger partial charge in [-0.2, -0.15) is 0 Å². The summed E-state index contributed by atoms with van der Waals surface area (Å²) in [4.78, 5) is 11.5. The molecule has 2 N–H and O–H groups in total. The van der Waals surface area contributed by atoms with Crippen molar-refractivity contribution in [3.8, 4) is 0 Å². The number of likely N-dealkylation sites (N-methyl/N-ethyl adjacent to an activating group) is 1. The molecule has 1 aromatic heterocycles. The molecule has 0 bridgehead atoms. The van der Waals surface area contributed by atoms with Gasteiger partial charge in [-0.25, -0.2) is 0 Å². The normalized spacial score (nSPS) is 10.8. The van der Waals surface area contributed by atoms with E-state index in [1.54, 1.807) is 7.05 Å². The maximum absolute atomic E-state index is 11.5. The molecule has 4 nitrogen and oxygen atoms in total. The van der Waals surface area contributed by atoms with Crippen molar-refractivity contribution >= 4 is 16.8 Å². The summed E-state index contributed by atoms with van der Waals surface area (Å²) in [6.45, 7) is 4.42. The van der Waals surface area contributed by atoms with E-state index in [0.29, 0.717) is 6.54 Å². The van der Waals surface area contributed by atoms with E-state index in [0.717, 1.165) is 25.0 Å². The van der Waals surface area contributed by atoms with Crippen LogP contribution in [0.4, 0.5) is 0 Å². The quantitative estimate of drug-likeness (QED) is 0.778. The van der Waals surface area contributed by atoms with Gasteiger partial charge in [0.25, 0.3) is 0 Å². The molecule has 0 aliphatic heterocycles. The highest BCUT2D eigenvalue weighted by Gasteiger charge is 2.07. The second-order valence-electron chi connectivity index (χ2n) is 4.64. The van der Waals surface area contributed by atoms with Gasteiger partial charge >= 0.3 is 0 Å². The summed E-state index contributed by atoms with van der Waals surface area (Å²) in [5, 5.41) is 7.29. The van der Waals surface area contributed by atoms with Crippen LogP contribution in [-0.2, 0) is 17.9 Å². The molecule has 4 heteroatoms. The number of fused-ring (bicyclic) bond motifs is 1. The Morgan fingerprint density at radius 3 is 2.89 bits per heavy atom. The van der Waals surface area contributed by atoms with Gasteiger partial charge in [-0.3, -0.25) is 4.79 Å². The van der Waals surface area contributed by atoms with Crippen LogP contribution < -0.4 is 10.6 Å². The number of nitrogens with one attached hydrogen (secondary N) is 2. The van der Waals surface area contributed by atoms with Crippen LogP contribution in [0.15, 0.2) is 30.5 Å². The van der Waals surface area contributed by atoms with Gasteiger partial charge in [-0.1, -0.05) is 19.1 Å². The number of hydrogen-bond acceptors (Lipinski definition) is 2. The summed E-state index contributed by atoms with van der Waals surface area (Å²) in [5.41, 5.74) is 2.39. The maximum Gasteiger partial charge on any atom is 0.239 e. The summed E-state index contributed by atoms with van der Waals surface area (Å²) in [6, 6.07) is 8.32. The first-order chi connectivity index (χ1) is 9.26. The number of carbonyl (C=O) groups is 1. The lowest BCUT2D eigenvalue weighted by atomic mass is 10.1. The fraction of sp³-hybridized carbons (Fsp3) is 0.400. The fourth-order valence-corrected chi connectivity index (χ4v) is 2.21. The van der Waals surface area contributed by atoms with Crippen LogP contribution >= 0.6 is 0 Å². The Morgan fingerprint density at radius 1 is 1.32 bits per heavy atom. The van der Waals surface area contributed by atoms with Crippen LogP contribution in [0.1, 0.15) is 18.9 Å². The molecule has 1 heterocycles. The Hall–Kier alpha value is -1.81. The number of rotatable bonds is 6. The molecule has 2 aromatic rings. The molecule has 0 aliphatic rings. The minimum absolute atomic E-state index is 0.0204. The first-order valence-electron chi connectivity index (χ1n) is 6.74. The molecule has 0 saturated carbocycles. The molecule has 0 saturated heterocycles. The van der Waals surface area contributed by atoms with E-state index in [9.17, 15) is 4.79 Å². The molecule has 1 aromatic carbocycles. The van der Waals surface area contributed by atoms with Crippen LogP contribution in [0, 0.1) is 0 Å². The Kier molecular flexibility index (Phi) is 4.58. The van der Waals surface area contributed by atoms with Crippen molar-refractivity contribution in [1.82, 2.24) is 15.2 Å². The summed E-state index contributed by atoms with van der Waals surface area (Å²) in [7, 11) is 1.66. The van der Waals surface area contributed by atoms with E-state index in [1.807, 2.05) is 16.8 Å². The van der Waals surface area contributed by atoms with Crippen molar-refractivity contribution in [2.45, 2.75) is 26.4 Å². The second-order valence-corrected chi connectivity index (χ2v) is 4.64. The van der Waals surface area contributed by atoms with Gasteiger partial charge in [0.2, 0.25) is 5.91 Å². The Labute approximate surface area is 113 Å². The number of aromatic nitrogens is 1. The van der Waals surface area contributed by atoms with Gasteiger partial charge in [0.15, 0.2) is 0 Å². The molecule has 1 amide bonds. The lowest BCUT2D eigenvalue weighted by molar-refractivity contribution is -0.121. The smallest absolute Gasteiger partial charge is 0.239 e. The number of hydrogen-bond donors (Lipinski definition) is 2. The summed E-state index contributed by atoms with van der Waals surface area (Å²) in [6.07, 6.45) is 3.11. The average Bonchev–Trinajstić information content (AvgIpc) is 2.83. The highest BCUT2D eigenvalue weighted by Crippen LogP contribution is 2.20. The topological polar surface area (TPSA) is 46.1 Å². The van der Waals surface area contributed by atoms with E-state index >= 15 is 0 Å². The van der Waals surface area contributed by atoms with E-state index in [2.05, 4.69) is 35.8 Å². The zero-order valence-corrected chi connectivity index (χ0v) is 11.6. The fourth-order valence-electron chi connectivity index (χ4n) is 2.21. The monoisotopic (exact) mass is 259 g/mol. The lowest BCUT2D eigenvalue weighted by Gasteiger charge is -2.07. The minimum Gasteiger partial charge on any atom is -0.358 e. The zero-order chi connectivity index (χ0) is 13.7. The molecule has 19 heavy (non-hydrogen) atoms. The van der Waals surface area contributed by atoms with Crippen molar-refractivity contribution in [2.75, 3.05) is 13.6 Å². The SMILES string of the molecule is CCCNCc1cccc2c1ccn2CC(=O)NC. The standard InChI is InChI=1S/C15H21N3O/c1-3-8-17-10-12-5-4-6-14-13(12)7-9-18(14)11-15(19)16-2/h4-7,9,17H,3,8,10-11H2,1-2H3,(H,16,19). The predicted octanol–water partition coefficient (Wildman–Crippen LogP) is 1.89. The molecule has 0 atom stereocenters. The molecular weight excluding hydrogens is 238 g/mol.